The topological polar surface area (TPSA) is 58.6 Å². The Hall–Kier alpha value is -1.11. The molecule has 0 saturated carbocycles. The van der Waals surface area contributed by atoms with Crippen molar-refractivity contribution in [2.45, 2.75) is 19.9 Å². The summed E-state index contributed by atoms with van der Waals surface area (Å²) in [4.78, 5) is 2.22. The van der Waals surface area contributed by atoms with Crippen molar-refractivity contribution in [3.8, 4) is 5.75 Å². The molecule has 6 heteroatoms. The number of nitrogens with one attached hydrogen (secondary N) is 1. The third kappa shape index (κ3) is 5.11. The first-order valence-electron chi connectivity index (χ1n) is 6.73. The Morgan fingerprint density at radius 1 is 1.30 bits per heavy atom. The molecule has 0 bridgehead atoms. The molecule has 0 aliphatic carbocycles. The van der Waals surface area contributed by atoms with Crippen LogP contribution in [0.5, 0.6) is 5.75 Å². The van der Waals surface area contributed by atoms with E-state index < -0.39 is 10.0 Å². The van der Waals surface area contributed by atoms with Crippen molar-refractivity contribution in [3.05, 3.63) is 29.8 Å². The number of likely N-dealkylation sites (N-methyl/N-ethyl adjacent to an activating group) is 1. The molecule has 0 aliphatic heterocycles. The second-order valence-corrected chi connectivity index (χ2v) is 6.47. The summed E-state index contributed by atoms with van der Waals surface area (Å²) in [6.07, 6.45) is 1.18. The molecule has 0 spiro atoms. The van der Waals surface area contributed by atoms with E-state index in [0.717, 1.165) is 24.4 Å². The average molecular weight is 300 g/mol. The average Bonchev–Trinajstić information content (AvgIpc) is 2.42. The molecule has 1 unspecified atom stereocenters. The maximum atomic E-state index is 11.3. The van der Waals surface area contributed by atoms with Crippen LogP contribution in [0.3, 0.4) is 0 Å². The number of methoxy groups -OCH3 is 1. The van der Waals surface area contributed by atoms with Gasteiger partial charge in [-0.2, -0.15) is 0 Å². The van der Waals surface area contributed by atoms with Gasteiger partial charge < -0.3 is 4.74 Å². The second-order valence-electron chi connectivity index (χ2n) is 4.63. The van der Waals surface area contributed by atoms with Gasteiger partial charge in [-0.05, 0) is 30.8 Å². The zero-order valence-corrected chi connectivity index (χ0v) is 13.4. The fourth-order valence-corrected chi connectivity index (χ4v) is 2.66. The minimum Gasteiger partial charge on any atom is -0.497 e. The number of nitrogens with zero attached hydrogens (tertiary/aromatic N) is 1. The summed E-state index contributed by atoms with van der Waals surface area (Å²) in [5, 5.41) is 0. The SMILES string of the molecule is CCN(CC)C(CNS(C)(=O)=O)c1cccc(OC)c1. The van der Waals surface area contributed by atoms with Gasteiger partial charge >= 0.3 is 0 Å². The molecule has 114 valence electrons. The van der Waals surface area contributed by atoms with E-state index in [-0.39, 0.29) is 6.04 Å². The molecule has 0 fully saturated rings. The summed E-state index contributed by atoms with van der Waals surface area (Å²) in [6.45, 7) is 6.19. The predicted molar refractivity (Wildman–Crippen MR) is 81.5 cm³/mol. The summed E-state index contributed by atoms with van der Waals surface area (Å²) < 4.78 is 30.5. The van der Waals surface area contributed by atoms with Crippen molar-refractivity contribution >= 4 is 10.0 Å². The van der Waals surface area contributed by atoms with E-state index in [4.69, 9.17) is 4.74 Å². The standard InChI is InChI=1S/C14H24N2O3S/c1-5-16(6-2)14(11-15-20(4,17)18)12-8-7-9-13(10-12)19-3/h7-10,14-15H,5-6,11H2,1-4H3. The highest BCUT2D eigenvalue weighted by atomic mass is 32.2. The molecular formula is C14H24N2O3S. The molecule has 1 atom stereocenters. The molecule has 20 heavy (non-hydrogen) atoms. The number of sulfonamides is 1. The number of hydrogen-bond donors (Lipinski definition) is 1. The maximum absolute atomic E-state index is 11.3. The van der Waals surface area contributed by atoms with Crippen molar-refractivity contribution in [1.82, 2.24) is 9.62 Å². The molecule has 1 N–H and O–H groups in total. The Morgan fingerprint density at radius 2 is 1.95 bits per heavy atom. The maximum Gasteiger partial charge on any atom is 0.208 e. The van der Waals surface area contributed by atoms with Crippen LogP contribution in [0.25, 0.3) is 0 Å². The molecule has 0 amide bonds. The van der Waals surface area contributed by atoms with Crippen LogP contribution < -0.4 is 9.46 Å². The van der Waals surface area contributed by atoms with Crippen molar-refractivity contribution < 1.29 is 13.2 Å². The highest BCUT2D eigenvalue weighted by molar-refractivity contribution is 7.88. The smallest absolute Gasteiger partial charge is 0.208 e. The van der Waals surface area contributed by atoms with Gasteiger partial charge in [-0.25, -0.2) is 13.1 Å². The molecular weight excluding hydrogens is 276 g/mol. The van der Waals surface area contributed by atoms with Gasteiger partial charge in [-0.3, -0.25) is 4.90 Å². The summed E-state index contributed by atoms with van der Waals surface area (Å²) in [5.74, 6) is 0.777. The highest BCUT2D eigenvalue weighted by Gasteiger charge is 2.19. The number of hydrogen-bond acceptors (Lipinski definition) is 4. The summed E-state index contributed by atoms with van der Waals surface area (Å²) in [7, 11) is -1.58. The van der Waals surface area contributed by atoms with E-state index in [1.54, 1.807) is 7.11 Å². The van der Waals surface area contributed by atoms with E-state index in [1.807, 2.05) is 24.3 Å². The summed E-state index contributed by atoms with van der Waals surface area (Å²) in [6, 6.07) is 7.75. The lowest BCUT2D eigenvalue weighted by Crippen LogP contribution is -2.37. The zero-order valence-electron chi connectivity index (χ0n) is 12.6. The van der Waals surface area contributed by atoms with Gasteiger partial charge in [0.15, 0.2) is 0 Å². The predicted octanol–water partition coefficient (Wildman–Crippen LogP) is 1.63. The molecule has 1 rings (SSSR count). The minimum atomic E-state index is -3.20. The lowest BCUT2D eigenvalue weighted by molar-refractivity contribution is 0.219. The highest BCUT2D eigenvalue weighted by Crippen LogP contribution is 2.23. The van der Waals surface area contributed by atoms with Crippen molar-refractivity contribution in [3.63, 3.8) is 0 Å². The first kappa shape index (κ1) is 16.9. The van der Waals surface area contributed by atoms with Gasteiger partial charge in [-0.1, -0.05) is 26.0 Å². The zero-order chi connectivity index (χ0) is 15.2. The van der Waals surface area contributed by atoms with Crippen LogP contribution >= 0.6 is 0 Å². The summed E-state index contributed by atoms with van der Waals surface area (Å²) >= 11 is 0. The Balaban J connectivity index is 3.01. The molecule has 0 saturated heterocycles. The fraction of sp³-hybridized carbons (Fsp3) is 0.571. The summed E-state index contributed by atoms with van der Waals surface area (Å²) in [5.41, 5.74) is 1.05. The normalized spacial score (nSPS) is 13.4. The lowest BCUT2D eigenvalue weighted by Gasteiger charge is -2.30. The monoisotopic (exact) mass is 300 g/mol. The van der Waals surface area contributed by atoms with Gasteiger partial charge in [-0.15, -0.1) is 0 Å². The first-order chi connectivity index (χ1) is 9.41. The van der Waals surface area contributed by atoms with Gasteiger partial charge in [0.2, 0.25) is 10.0 Å². The van der Waals surface area contributed by atoms with E-state index in [0.29, 0.717) is 6.54 Å². The Bertz CT molecular complexity index is 513. The molecule has 1 aromatic carbocycles. The number of rotatable bonds is 8. The van der Waals surface area contributed by atoms with Crippen molar-refractivity contribution in [1.29, 1.82) is 0 Å². The van der Waals surface area contributed by atoms with E-state index >= 15 is 0 Å². The molecule has 0 radical (unpaired) electrons. The van der Waals surface area contributed by atoms with Crippen LogP contribution in [0.15, 0.2) is 24.3 Å². The van der Waals surface area contributed by atoms with Gasteiger partial charge in [0.25, 0.3) is 0 Å². The van der Waals surface area contributed by atoms with Crippen LogP contribution in [-0.2, 0) is 10.0 Å². The molecule has 0 heterocycles. The Morgan fingerprint density at radius 3 is 2.45 bits per heavy atom. The third-order valence-corrected chi connectivity index (χ3v) is 3.96. The molecule has 0 aromatic heterocycles. The Kier molecular flexibility index (Phi) is 6.45. The second kappa shape index (κ2) is 7.61. The van der Waals surface area contributed by atoms with E-state index in [1.165, 1.54) is 6.26 Å². The lowest BCUT2D eigenvalue weighted by atomic mass is 10.0. The Labute approximate surface area is 122 Å². The van der Waals surface area contributed by atoms with Gasteiger partial charge in [0.1, 0.15) is 5.75 Å². The molecule has 5 nitrogen and oxygen atoms in total. The first-order valence-corrected chi connectivity index (χ1v) is 8.63. The molecule has 0 aliphatic rings. The largest absolute Gasteiger partial charge is 0.497 e. The van der Waals surface area contributed by atoms with Crippen LogP contribution in [0, 0.1) is 0 Å². The van der Waals surface area contributed by atoms with Crippen LogP contribution in [0.1, 0.15) is 25.5 Å². The third-order valence-electron chi connectivity index (χ3n) is 3.27. The van der Waals surface area contributed by atoms with Crippen LogP contribution in [0.4, 0.5) is 0 Å². The van der Waals surface area contributed by atoms with Gasteiger partial charge in [0, 0.05) is 12.6 Å². The molecule has 1 aromatic rings. The van der Waals surface area contributed by atoms with Crippen LogP contribution in [0.2, 0.25) is 0 Å². The quantitative estimate of drug-likeness (QED) is 0.793. The number of benzene rings is 1. The van der Waals surface area contributed by atoms with E-state index in [2.05, 4.69) is 23.5 Å². The van der Waals surface area contributed by atoms with Crippen molar-refractivity contribution in [2.24, 2.45) is 0 Å². The van der Waals surface area contributed by atoms with Crippen LogP contribution in [-0.4, -0.2) is 46.3 Å². The van der Waals surface area contributed by atoms with Crippen molar-refractivity contribution in [2.75, 3.05) is 33.0 Å². The minimum absolute atomic E-state index is 0.00479. The number of ether oxygens (including phenoxy) is 1. The fourth-order valence-electron chi connectivity index (χ4n) is 2.20. The van der Waals surface area contributed by atoms with Gasteiger partial charge in [0.05, 0.1) is 13.4 Å². The van der Waals surface area contributed by atoms with E-state index in [9.17, 15) is 8.42 Å².